The summed E-state index contributed by atoms with van der Waals surface area (Å²) in [5, 5.41) is 5.09. The normalized spacial score (nSPS) is 9.75. The van der Waals surface area contributed by atoms with Crippen LogP contribution in [0.25, 0.3) is 0 Å². The van der Waals surface area contributed by atoms with Gasteiger partial charge in [-0.2, -0.15) is 0 Å². The van der Waals surface area contributed by atoms with Crippen LogP contribution in [0.15, 0.2) is 11.6 Å². The molecule has 0 atom stereocenters. The van der Waals surface area contributed by atoms with Crippen molar-refractivity contribution in [2.45, 2.75) is 6.42 Å². The number of carbonyl (C=O) groups excluding carboxylic acids is 1. The van der Waals surface area contributed by atoms with Gasteiger partial charge in [0, 0.05) is 18.7 Å². The lowest BCUT2D eigenvalue weighted by atomic mass is 10.4. The third-order valence-corrected chi connectivity index (χ3v) is 1.90. The van der Waals surface area contributed by atoms with Gasteiger partial charge in [-0.25, -0.2) is 4.98 Å². The molecule has 66 valence electrons. The van der Waals surface area contributed by atoms with Crippen LogP contribution in [-0.4, -0.2) is 24.6 Å². The maximum absolute atomic E-state index is 11.0. The third kappa shape index (κ3) is 2.98. The summed E-state index contributed by atoms with van der Waals surface area (Å²) in [7, 11) is 1.57. The highest BCUT2D eigenvalue weighted by atomic mass is 32.1. The lowest BCUT2D eigenvalue weighted by Crippen LogP contribution is -2.13. The Balaban J connectivity index is 2.27. The molecule has 0 fully saturated rings. The number of carbonyl (C=O) groups is 1. The van der Waals surface area contributed by atoms with Gasteiger partial charge in [-0.1, -0.05) is 0 Å². The first-order chi connectivity index (χ1) is 5.83. The molecule has 0 aromatic carbocycles. The van der Waals surface area contributed by atoms with Crippen LogP contribution in [0.1, 0.15) is 6.42 Å². The van der Waals surface area contributed by atoms with Crippen LogP contribution in [0.2, 0.25) is 0 Å². The van der Waals surface area contributed by atoms with Crippen molar-refractivity contribution in [1.29, 1.82) is 0 Å². The molecule has 0 aliphatic rings. The molecule has 0 aliphatic heterocycles. The number of nitrogens with one attached hydrogen (secondary N) is 1. The lowest BCUT2D eigenvalue weighted by Gasteiger charge is -1.99. The molecule has 0 saturated heterocycles. The largest absolute Gasteiger partial charge is 0.384 e. The number of anilines is 1. The van der Waals surface area contributed by atoms with Crippen molar-refractivity contribution in [1.82, 2.24) is 4.98 Å². The molecule has 12 heavy (non-hydrogen) atoms. The zero-order valence-corrected chi connectivity index (χ0v) is 7.56. The van der Waals surface area contributed by atoms with Gasteiger partial charge in [-0.05, 0) is 0 Å². The Labute approximate surface area is 74.6 Å². The Morgan fingerprint density at radius 1 is 1.83 bits per heavy atom. The van der Waals surface area contributed by atoms with Crippen LogP contribution in [0.4, 0.5) is 5.13 Å². The number of thiazole rings is 1. The maximum Gasteiger partial charge on any atom is 0.228 e. The van der Waals surface area contributed by atoms with E-state index >= 15 is 0 Å². The number of hydrogen-bond donors (Lipinski definition) is 1. The molecular formula is C7H10N2O2S. The number of nitrogens with zero attached hydrogens (tertiary/aromatic N) is 1. The second-order valence-corrected chi connectivity index (χ2v) is 3.02. The summed E-state index contributed by atoms with van der Waals surface area (Å²) in [5.74, 6) is -0.0631. The van der Waals surface area contributed by atoms with Crippen molar-refractivity contribution in [3.05, 3.63) is 11.6 Å². The van der Waals surface area contributed by atoms with Gasteiger partial charge in [0.05, 0.1) is 13.0 Å². The molecule has 0 unspecified atom stereocenters. The van der Waals surface area contributed by atoms with Crippen LogP contribution in [0.3, 0.4) is 0 Å². The highest BCUT2D eigenvalue weighted by Gasteiger charge is 2.02. The van der Waals surface area contributed by atoms with Crippen LogP contribution in [0.5, 0.6) is 0 Å². The van der Waals surface area contributed by atoms with Crippen molar-refractivity contribution in [2.24, 2.45) is 0 Å². The first-order valence-electron chi connectivity index (χ1n) is 3.51. The maximum atomic E-state index is 11.0. The minimum atomic E-state index is -0.0631. The fourth-order valence-electron chi connectivity index (χ4n) is 0.662. The van der Waals surface area contributed by atoms with Crippen LogP contribution < -0.4 is 5.32 Å². The molecule has 1 aromatic heterocycles. The molecule has 5 heteroatoms. The summed E-state index contributed by atoms with van der Waals surface area (Å²) < 4.78 is 4.75. The Morgan fingerprint density at radius 3 is 3.25 bits per heavy atom. The van der Waals surface area contributed by atoms with Gasteiger partial charge in [0.2, 0.25) is 5.91 Å². The number of amides is 1. The number of hydrogen-bond acceptors (Lipinski definition) is 4. The third-order valence-electron chi connectivity index (χ3n) is 1.21. The Bertz CT molecular complexity index is 236. The van der Waals surface area contributed by atoms with E-state index < -0.39 is 0 Å². The van der Waals surface area contributed by atoms with Gasteiger partial charge in [0.15, 0.2) is 5.13 Å². The Morgan fingerprint density at radius 2 is 2.67 bits per heavy atom. The number of methoxy groups -OCH3 is 1. The van der Waals surface area contributed by atoms with Crippen LogP contribution in [0, 0.1) is 0 Å². The minimum Gasteiger partial charge on any atom is -0.384 e. The second kappa shape index (κ2) is 4.84. The van der Waals surface area contributed by atoms with E-state index in [1.165, 1.54) is 11.3 Å². The lowest BCUT2D eigenvalue weighted by molar-refractivity contribution is -0.117. The molecular weight excluding hydrogens is 176 g/mol. The van der Waals surface area contributed by atoms with E-state index in [-0.39, 0.29) is 5.91 Å². The van der Waals surface area contributed by atoms with E-state index in [9.17, 15) is 4.79 Å². The Kier molecular flexibility index (Phi) is 3.69. The quantitative estimate of drug-likeness (QED) is 0.766. The fraction of sp³-hybridized carbons (Fsp3) is 0.429. The summed E-state index contributed by atoms with van der Waals surface area (Å²) >= 11 is 1.40. The zero-order valence-electron chi connectivity index (χ0n) is 6.74. The number of ether oxygens (including phenoxy) is 1. The van der Waals surface area contributed by atoms with E-state index in [0.717, 1.165) is 0 Å². The molecule has 4 nitrogen and oxygen atoms in total. The van der Waals surface area contributed by atoms with Gasteiger partial charge in [0.25, 0.3) is 0 Å². The molecule has 1 heterocycles. The van der Waals surface area contributed by atoms with Gasteiger partial charge < -0.3 is 10.1 Å². The first kappa shape index (κ1) is 9.15. The van der Waals surface area contributed by atoms with Crippen molar-refractivity contribution in [2.75, 3.05) is 19.0 Å². The van der Waals surface area contributed by atoms with Gasteiger partial charge in [-0.3, -0.25) is 4.79 Å². The van der Waals surface area contributed by atoms with E-state index in [0.29, 0.717) is 18.2 Å². The summed E-state index contributed by atoms with van der Waals surface area (Å²) in [6.45, 7) is 0.442. The van der Waals surface area contributed by atoms with E-state index in [1.54, 1.807) is 13.3 Å². The average Bonchev–Trinajstić information content (AvgIpc) is 2.53. The van der Waals surface area contributed by atoms with Gasteiger partial charge >= 0.3 is 0 Å². The molecule has 1 amide bonds. The molecule has 1 rings (SSSR count). The first-order valence-corrected chi connectivity index (χ1v) is 4.39. The van der Waals surface area contributed by atoms with Crippen molar-refractivity contribution in [3.8, 4) is 0 Å². The number of aromatic nitrogens is 1. The van der Waals surface area contributed by atoms with E-state index in [2.05, 4.69) is 10.3 Å². The minimum absolute atomic E-state index is 0.0631. The molecule has 0 saturated carbocycles. The highest BCUT2D eigenvalue weighted by Crippen LogP contribution is 2.09. The molecule has 1 aromatic rings. The van der Waals surface area contributed by atoms with Gasteiger partial charge in [-0.15, -0.1) is 11.3 Å². The smallest absolute Gasteiger partial charge is 0.228 e. The average molecular weight is 186 g/mol. The van der Waals surface area contributed by atoms with Crippen molar-refractivity contribution < 1.29 is 9.53 Å². The summed E-state index contributed by atoms with van der Waals surface area (Å²) in [6.07, 6.45) is 2.02. The highest BCUT2D eigenvalue weighted by molar-refractivity contribution is 7.13. The SMILES string of the molecule is COCCC(=O)Nc1nccs1. The molecule has 0 radical (unpaired) electrons. The van der Waals surface area contributed by atoms with Crippen LogP contribution >= 0.6 is 11.3 Å². The second-order valence-electron chi connectivity index (χ2n) is 2.13. The summed E-state index contributed by atoms with van der Waals surface area (Å²) in [4.78, 5) is 15.0. The number of rotatable bonds is 4. The summed E-state index contributed by atoms with van der Waals surface area (Å²) in [5.41, 5.74) is 0. The molecule has 1 N–H and O–H groups in total. The zero-order chi connectivity index (χ0) is 8.81. The topological polar surface area (TPSA) is 51.2 Å². The molecule has 0 bridgehead atoms. The van der Waals surface area contributed by atoms with Crippen molar-refractivity contribution >= 4 is 22.4 Å². The fourth-order valence-corrected chi connectivity index (χ4v) is 1.21. The van der Waals surface area contributed by atoms with E-state index in [1.807, 2.05) is 5.38 Å². The van der Waals surface area contributed by atoms with E-state index in [4.69, 9.17) is 4.74 Å². The van der Waals surface area contributed by atoms with Crippen molar-refractivity contribution in [3.63, 3.8) is 0 Å². The van der Waals surface area contributed by atoms with Gasteiger partial charge in [0.1, 0.15) is 0 Å². The van der Waals surface area contributed by atoms with Crippen LogP contribution in [-0.2, 0) is 9.53 Å². The summed E-state index contributed by atoms with van der Waals surface area (Å²) in [6, 6.07) is 0. The Hall–Kier alpha value is -0.940. The standard InChI is InChI=1S/C7H10N2O2S/c1-11-4-2-6(10)9-7-8-3-5-12-7/h3,5H,2,4H2,1H3,(H,8,9,10). The molecule has 0 spiro atoms. The predicted octanol–water partition coefficient (Wildman–Crippen LogP) is 1.12. The predicted molar refractivity (Wildman–Crippen MR) is 47.2 cm³/mol. The molecule has 0 aliphatic carbocycles. The monoisotopic (exact) mass is 186 g/mol.